The topological polar surface area (TPSA) is 69.0 Å². The van der Waals surface area contributed by atoms with Gasteiger partial charge < -0.3 is 10.1 Å². The molecule has 0 aliphatic carbocycles. The molecule has 1 amide bonds. The maximum absolute atomic E-state index is 11.2. The number of para-hydroxylation sites is 1. The number of halogens is 3. The maximum atomic E-state index is 11.2. The van der Waals surface area contributed by atoms with Crippen LogP contribution in [-0.2, 0) is 4.79 Å². The van der Waals surface area contributed by atoms with E-state index in [1.165, 1.54) is 24.3 Å². The molecule has 0 fully saturated rings. The van der Waals surface area contributed by atoms with Gasteiger partial charge in [-0.05, 0) is 12.1 Å². The molecule has 2 unspecified atom stereocenters. The van der Waals surface area contributed by atoms with E-state index in [1.54, 1.807) is 24.3 Å². The number of rotatable bonds is 6. The fourth-order valence-electron chi connectivity index (χ4n) is 1.68. The zero-order valence-corrected chi connectivity index (χ0v) is 13.8. The lowest BCUT2D eigenvalue weighted by molar-refractivity contribution is -0.119. The van der Waals surface area contributed by atoms with Crippen LogP contribution in [0.5, 0.6) is 5.75 Å². The van der Waals surface area contributed by atoms with Gasteiger partial charge in [-0.15, -0.1) is 0 Å². The standard InChI is InChI=1S/C13H13Cl3N4O2/c1-9(21)19-11(14)13(15,16)12(20-8-17-7-18-20)22-10-5-3-2-4-6-10/h2-8,11-12H,1H3,(H,19,21). The summed E-state index contributed by atoms with van der Waals surface area (Å²) in [7, 11) is 0. The number of nitrogens with zero attached hydrogens (tertiary/aromatic N) is 3. The van der Waals surface area contributed by atoms with E-state index in [1.807, 2.05) is 6.07 Å². The average molecular weight is 364 g/mol. The molecule has 22 heavy (non-hydrogen) atoms. The summed E-state index contributed by atoms with van der Waals surface area (Å²) in [6, 6.07) is 8.90. The van der Waals surface area contributed by atoms with Gasteiger partial charge in [-0.25, -0.2) is 9.67 Å². The first kappa shape index (κ1) is 16.9. The third kappa shape index (κ3) is 4.03. The van der Waals surface area contributed by atoms with Crippen molar-refractivity contribution in [2.75, 3.05) is 0 Å². The summed E-state index contributed by atoms with van der Waals surface area (Å²) >= 11 is 18.8. The van der Waals surface area contributed by atoms with Crippen molar-refractivity contribution < 1.29 is 9.53 Å². The van der Waals surface area contributed by atoms with Gasteiger partial charge >= 0.3 is 0 Å². The molecule has 1 N–H and O–H groups in total. The Bertz CT molecular complexity index is 607. The molecule has 0 bridgehead atoms. The minimum atomic E-state index is -1.70. The molecule has 2 atom stereocenters. The second kappa shape index (κ2) is 7.17. The van der Waals surface area contributed by atoms with Crippen molar-refractivity contribution in [3.05, 3.63) is 43.0 Å². The third-order valence-corrected chi connectivity index (χ3v) is 4.15. The van der Waals surface area contributed by atoms with Gasteiger partial charge in [0.25, 0.3) is 0 Å². The Balaban J connectivity index is 2.30. The van der Waals surface area contributed by atoms with Gasteiger partial charge in [0.15, 0.2) is 0 Å². The Morgan fingerprint density at radius 2 is 2.05 bits per heavy atom. The lowest BCUT2D eigenvalue weighted by Gasteiger charge is -2.33. The normalized spacial score (nSPS) is 14.2. The molecule has 0 aliphatic heterocycles. The number of alkyl halides is 3. The van der Waals surface area contributed by atoms with E-state index < -0.39 is 16.1 Å². The molecule has 118 valence electrons. The van der Waals surface area contributed by atoms with Gasteiger partial charge in [0.05, 0.1) is 0 Å². The van der Waals surface area contributed by atoms with Crippen LogP contribution in [0.15, 0.2) is 43.0 Å². The monoisotopic (exact) mass is 362 g/mol. The molecule has 0 saturated carbocycles. The number of nitrogens with one attached hydrogen (secondary N) is 1. The molecule has 1 heterocycles. The summed E-state index contributed by atoms with van der Waals surface area (Å²) in [5.41, 5.74) is -1.11. The van der Waals surface area contributed by atoms with Gasteiger partial charge in [0.1, 0.15) is 23.9 Å². The van der Waals surface area contributed by atoms with Crippen molar-refractivity contribution in [1.82, 2.24) is 20.1 Å². The summed E-state index contributed by atoms with van der Waals surface area (Å²) in [5, 5.41) is 6.41. The molecule has 0 aliphatic rings. The van der Waals surface area contributed by atoms with E-state index in [0.29, 0.717) is 5.75 Å². The molecule has 0 radical (unpaired) electrons. The fourth-order valence-corrected chi connectivity index (χ4v) is 2.33. The van der Waals surface area contributed by atoms with Crippen LogP contribution in [0, 0.1) is 0 Å². The SMILES string of the molecule is CC(=O)NC(Cl)C(Cl)(Cl)C(Oc1ccccc1)n1cncn1. The lowest BCUT2D eigenvalue weighted by Crippen LogP contribution is -2.48. The van der Waals surface area contributed by atoms with Crippen molar-refractivity contribution >= 4 is 40.7 Å². The maximum Gasteiger partial charge on any atom is 0.229 e. The number of benzene rings is 1. The molecular formula is C13H13Cl3N4O2. The molecular weight excluding hydrogens is 351 g/mol. The Labute approximate surface area is 142 Å². The highest BCUT2D eigenvalue weighted by molar-refractivity contribution is 6.52. The minimum absolute atomic E-state index is 0.372. The average Bonchev–Trinajstić information content (AvgIpc) is 2.98. The van der Waals surface area contributed by atoms with Crippen LogP contribution in [0.25, 0.3) is 0 Å². The smallest absolute Gasteiger partial charge is 0.229 e. The first-order valence-electron chi connectivity index (χ1n) is 6.26. The van der Waals surface area contributed by atoms with Crippen molar-refractivity contribution in [2.24, 2.45) is 0 Å². The van der Waals surface area contributed by atoms with E-state index >= 15 is 0 Å². The number of carbonyl (C=O) groups is 1. The second-order valence-corrected chi connectivity index (χ2v) is 6.28. The summed E-state index contributed by atoms with van der Waals surface area (Å²) < 4.78 is 5.41. The Hall–Kier alpha value is -1.50. The van der Waals surface area contributed by atoms with Crippen molar-refractivity contribution in [3.8, 4) is 5.75 Å². The molecule has 1 aromatic heterocycles. The Kier molecular flexibility index (Phi) is 5.50. The van der Waals surface area contributed by atoms with Crippen LogP contribution >= 0.6 is 34.8 Å². The van der Waals surface area contributed by atoms with Crippen LogP contribution in [-0.4, -0.2) is 30.5 Å². The highest BCUT2D eigenvalue weighted by atomic mass is 35.5. The lowest BCUT2D eigenvalue weighted by atomic mass is 10.3. The zero-order chi connectivity index (χ0) is 16.2. The first-order valence-corrected chi connectivity index (χ1v) is 7.45. The van der Waals surface area contributed by atoms with Crippen molar-refractivity contribution in [3.63, 3.8) is 0 Å². The van der Waals surface area contributed by atoms with Crippen LogP contribution in [0.3, 0.4) is 0 Å². The molecule has 9 heteroatoms. The number of ether oxygens (including phenoxy) is 1. The van der Waals surface area contributed by atoms with E-state index in [9.17, 15) is 4.79 Å². The Morgan fingerprint density at radius 3 is 2.59 bits per heavy atom. The van der Waals surface area contributed by atoms with E-state index in [2.05, 4.69) is 15.4 Å². The van der Waals surface area contributed by atoms with Crippen molar-refractivity contribution in [2.45, 2.75) is 23.0 Å². The van der Waals surface area contributed by atoms with Gasteiger partial charge in [0, 0.05) is 6.92 Å². The van der Waals surface area contributed by atoms with E-state index in [4.69, 9.17) is 39.5 Å². The van der Waals surface area contributed by atoms with Gasteiger partial charge in [0.2, 0.25) is 16.5 Å². The van der Waals surface area contributed by atoms with Crippen LogP contribution in [0.2, 0.25) is 0 Å². The number of hydrogen-bond donors (Lipinski definition) is 1. The van der Waals surface area contributed by atoms with Crippen LogP contribution in [0.1, 0.15) is 13.2 Å². The quantitative estimate of drug-likeness (QED) is 0.633. The molecule has 1 aromatic carbocycles. The van der Waals surface area contributed by atoms with Crippen LogP contribution in [0.4, 0.5) is 0 Å². The summed E-state index contributed by atoms with van der Waals surface area (Å²) in [6.45, 7) is 1.31. The number of carbonyl (C=O) groups excluding carboxylic acids is 1. The van der Waals surface area contributed by atoms with Gasteiger partial charge in [-0.1, -0.05) is 53.0 Å². The number of aromatic nitrogens is 3. The molecule has 0 spiro atoms. The summed E-state index contributed by atoms with van der Waals surface area (Å²) in [5.74, 6) is 0.142. The zero-order valence-electron chi connectivity index (χ0n) is 11.5. The second-order valence-electron chi connectivity index (χ2n) is 4.40. The molecule has 2 rings (SSSR count). The van der Waals surface area contributed by atoms with Gasteiger partial charge in [-0.2, -0.15) is 5.10 Å². The van der Waals surface area contributed by atoms with E-state index in [-0.39, 0.29) is 5.91 Å². The third-order valence-electron chi connectivity index (χ3n) is 2.66. The Morgan fingerprint density at radius 1 is 1.36 bits per heavy atom. The predicted octanol–water partition coefficient (Wildman–Crippen LogP) is 2.73. The predicted molar refractivity (Wildman–Crippen MR) is 84.0 cm³/mol. The molecule has 2 aromatic rings. The molecule has 6 nitrogen and oxygen atoms in total. The highest BCUT2D eigenvalue weighted by Gasteiger charge is 2.46. The highest BCUT2D eigenvalue weighted by Crippen LogP contribution is 2.40. The van der Waals surface area contributed by atoms with Gasteiger partial charge in [-0.3, -0.25) is 4.79 Å². The summed E-state index contributed by atoms with van der Waals surface area (Å²) in [6.07, 6.45) is 1.70. The number of amides is 1. The van der Waals surface area contributed by atoms with E-state index in [0.717, 1.165) is 0 Å². The van der Waals surface area contributed by atoms with Crippen LogP contribution < -0.4 is 10.1 Å². The first-order chi connectivity index (χ1) is 10.4. The summed E-state index contributed by atoms with van der Waals surface area (Å²) in [4.78, 5) is 15.0. The van der Waals surface area contributed by atoms with Crippen molar-refractivity contribution in [1.29, 1.82) is 0 Å². The largest absolute Gasteiger partial charge is 0.465 e. The molecule has 0 saturated heterocycles. The number of hydrogen-bond acceptors (Lipinski definition) is 4. The fraction of sp³-hybridized carbons (Fsp3) is 0.308. The minimum Gasteiger partial charge on any atom is -0.465 e.